The van der Waals surface area contributed by atoms with Crippen LogP contribution in [-0.2, 0) is 4.79 Å². The Balaban J connectivity index is 2.01. The molecule has 8 nitrogen and oxygen atoms in total. The third-order valence-electron chi connectivity index (χ3n) is 5.56. The van der Waals surface area contributed by atoms with Crippen molar-refractivity contribution in [2.75, 3.05) is 44.7 Å². The SMILES string of the molecule is CC(C)C[C@H](C(=O)N(C)CC#N)c1cc(-c2csc(N3CCNCC3)n2)ccc1C(N)=O. The van der Waals surface area contributed by atoms with Gasteiger partial charge >= 0.3 is 0 Å². The number of piperazine rings is 1. The molecule has 1 aliphatic heterocycles. The monoisotopic (exact) mass is 454 g/mol. The second-order valence-corrected chi connectivity index (χ2v) is 9.29. The van der Waals surface area contributed by atoms with Gasteiger partial charge in [-0.3, -0.25) is 9.59 Å². The number of nitrogens with two attached hydrogens (primary N) is 1. The Labute approximate surface area is 193 Å². The van der Waals surface area contributed by atoms with E-state index in [1.165, 1.54) is 4.90 Å². The van der Waals surface area contributed by atoms with E-state index in [2.05, 4.69) is 10.2 Å². The largest absolute Gasteiger partial charge is 0.366 e. The zero-order valence-corrected chi connectivity index (χ0v) is 19.6. The van der Waals surface area contributed by atoms with Crippen LogP contribution in [0.25, 0.3) is 11.3 Å². The molecule has 1 aromatic heterocycles. The van der Waals surface area contributed by atoms with E-state index in [-0.39, 0.29) is 18.4 Å². The second kappa shape index (κ2) is 10.6. The molecular formula is C23H30N6O2S. The molecule has 3 N–H and O–H groups in total. The van der Waals surface area contributed by atoms with E-state index in [0.717, 1.165) is 42.6 Å². The van der Waals surface area contributed by atoms with Gasteiger partial charge in [0.25, 0.3) is 0 Å². The molecule has 0 unspecified atom stereocenters. The number of likely N-dealkylation sites (N-methyl/N-ethyl adjacent to an activating group) is 1. The van der Waals surface area contributed by atoms with Gasteiger partial charge in [0.15, 0.2) is 5.13 Å². The number of carbonyl (C=O) groups excluding carboxylic acids is 2. The predicted molar refractivity (Wildman–Crippen MR) is 127 cm³/mol. The van der Waals surface area contributed by atoms with Crippen LogP contribution >= 0.6 is 11.3 Å². The lowest BCUT2D eigenvalue weighted by atomic mass is 9.85. The van der Waals surface area contributed by atoms with E-state index in [0.29, 0.717) is 17.5 Å². The molecule has 0 radical (unpaired) electrons. The molecule has 170 valence electrons. The first-order chi connectivity index (χ1) is 15.3. The van der Waals surface area contributed by atoms with Gasteiger partial charge in [-0.15, -0.1) is 11.3 Å². The van der Waals surface area contributed by atoms with Gasteiger partial charge in [0.05, 0.1) is 17.7 Å². The summed E-state index contributed by atoms with van der Waals surface area (Å²) in [6.45, 7) is 7.73. The van der Waals surface area contributed by atoms with Crippen molar-refractivity contribution < 1.29 is 9.59 Å². The maximum atomic E-state index is 13.2. The molecule has 2 aromatic rings. The van der Waals surface area contributed by atoms with Crippen LogP contribution in [0.4, 0.5) is 5.13 Å². The van der Waals surface area contributed by atoms with Gasteiger partial charge in [0.2, 0.25) is 11.8 Å². The van der Waals surface area contributed by atoms with Crippen LogP contribution in [0.15, 0.2) is 23.6 Å². The molecule has 1 saturated heterocycles. The number of aromatic nitrogens is 1. The molecule has 1 atom stereocenters. The van der Waals surface area contributed by atoms with Gasteiger partial charge in [-0.05, 0) is 30.0 Å². The van der Waals surface area contributed by atoms with Crippen LogP contribution < -0.4 is 16.0 Å². The molecular weight excluding hydrogens is 424 g/mol. The molecule has 1 fully saturated rings. The molecule has 2 amide bonds. The fourth-order valence-electron chi connectivity index (χ4n) is 3.92. The summed E-state index contributed by atoms with van der Waals surface area (Å²) in [6, 6.07) is 7.39. The smallest absolute Gasteiger partial charge is 0.249 e. The van der Waals surface area contributed by atoms with Crippen molar-refractivity contribution in [1.82, 2.24) is 15.2 Å². The summed E-state index contributed by atoms with van der Waals surface area (Å²) in [5.74, 6) is -1.13. The standard InChI is InChI=1S/C23H30N6O2S/c1-15(2)12-19(22(31)28(3)9-6-24)18-13-16(4-5-17(18)21(25)30)20-14-32-23(27-20)29-10-7-26-8-11-29/h4-5,13-15,19,26H,7-12H2,1-3H3,(H2,25,30)/t19-/m0/s1. The highest BCUT2D eigenvalue weighted by molar-refractivity contribution is 7.14. The lowest BCUT2D eigenvalue weighted by Crippen LogP contribution is -2.43. The zero-order valence-electron chi connectivity index (χ0n) is 18.8. The topological polar surface area (TPSA) is 115 Å². The zero-order chi connectivity index (χ0) is 23.3. The van der Waals surface area contributed by atoms with Crippen molar-refractivity contribution in [3.63, 3.8) is 0 Å². The first kappa shape index (κ1) is 23.7. The molecule has 1 aliphatic rings. The minimum absolute atomic E-state index is 0.0147. The van der Waals surface area contributed by atoms with Crippen LogP contribution in [0.2, 0.25) is 0 Å². The number of nitriles is 1. The number of rotatable bonds is 8. The number of hydrogen-bond donors (Lipinski definition) is 2. The van der Waals surface area contributed by atoms with Crippen LogP contribution in [0.5, 0.6) is 0 Å². The van der Waals surface area contributed by atoms with E-state index in [4.69, 9.17) is 16.0 Å². The normalized spacial score (nSPS) is 14.8. The first-order valence-electron chi connectivity index (χ1n) is 10.8. The van der Waals surface area contributed by atoms with Crippen LogP contribution in [0.1, 0.15) is 42.1 Å². The highest BCUT2D eigenvalue weighted by Gasteiger charge is 2.29. The fourth-order valence-corrected chi connectivity index (χ4v) is 4.80. The average molecular weight is 455 g/mol. The molecule has 9 heteroatoms. The lowest BCUT2D eigenvalue weighted by Gasteiger charge is -2.26. The highest BCUT2D eigenvalue weighted by atomic mass is 32.1. The maximum Gasteiger partial charge on any atom is 0.249 e. The Bertz CT molecular complexity index is 1010. The average Bonchev–Trinajstić information content (AvgIpc) is 3.27. The predicted octanol–water partition coefficient (Wildman–Crippen LogP) is 2.43. The molecule has 1 aromatic carbocycles. The third kappa shape index (κ3) is 5.44. The maximum absolute atomic E-state index is 13.2. The summed E-state index contributed by atoms with van der Waals surface area (Å²) >= 11 is 1.59. The second-order valence-electron chi connectivity index (χ2n) is 8.45. The van der Waals surface area contributed by atoms with Crippen LogP contribution in [0, 0.1) is 17.2 Å². The number of hydrogen-bond acceptors (Lipinski definition) is 7. The Morgan fingerprint density at radius 1 is 1.34 bits per heavy atom. The summed E-state index contributed by atoms with van der Waals surface area (Å²) < 4.78 is 0. The number of thiazole rings is 1. The van der Waals surface area contributed by atoms with E-state index < -0.39 is 11.8 Å². The van der Waals surface area contributed by atoms with Crippen LogP contribution in [0.3, 0.4) is 0 Å². The molecule has 0 saturated carbocycles. The molecule has 0 bridgehead atoms. The minimum atomic E-state index is -0.573. The number of carbonyl (C=O) groups is 2. The number of benzene rings is 1. The molecule has 2 heterocycles. The van der Waals surface area contributed by atoms with Gasteiger partial charge in [0.1, 0.15) is 6.54 Å². The number of nitrogens with one attached hydrogen (secondary N) is 1. The first-order valence-corrected chi connectivity index (χ1v) is 11.7. The summed E-state index contributed by atoms with van der Waals surface area (Å²) in [5.41, 5.74) is 8.24. The van der Waals surface area contributed by atoms with Gasteiger partial charge in [-0.2, -0.15) is 5.26 Å². The van der Waals surface area contributed by atoms with Crippen molar-refractivity contribution >= 4 is 28.3 Å². The van der Waals surface area contributed by atoms with Crippen molar-refractivity contribution in [3.8, 4) is 17.3 Å². The van der Waals surface area contributed by atoms with E-state index in [1.54, 1.807) is 24.5 Å². The Kier molecular flexibility index (Phi) is 7.83. The quantitative estimate of drug-likeness (QED) is 0.592. The van der Waals surface area contributed by atoms with Gasteiger partial charge in [0, 0.05) is 49.7 Å². The van der Waals surface area contributed by atoms with Crippen molar-refractivity contribution in [3.05, 3.63) is 34.7 Å². The van der Waals surface area contributed by atoms with Gasteiger partial charge < -0.3 is 20.9 Å². The van der Waals surface area contributed by atoms with Crippen molar-refractivity contribution in [2.24, 2.45) is 11.7 Å². The van der Waals surface area contributed by atoms with Gasteiger partial charge in [-0.25, -0.2) is 4.98 Å². The summed E-state index contributed by atoms with van der Waals surface area (Å²) in [7, 11) is 1.60. The minimum Gasteiger partial charge on any atom is -0.366 e. The Hall–Kier alpha value is -2.96. The molecule has 3 rings (SSSR count). The summed E-state index contributed by atoms with van der Waals surface area (Å²) in [6.07, 6.45) is 0.543. The third-order valence-corrected chi connectivity index (χ3v) is 6.46. The number of amides is 2. The number of anilines is 1. The Morgan fingerprint density at radius 3 is 2.69 bits per heavy atom. The summed E-state index contributed by atoms with van der Waals surface area (Å²) in [5, 5.41) is 15.3. The highest BCUT2D eigenvalue weighted by Crippen LogP contribution is 2.34. The number of nitrogens with zero attached hydrogens (tertiary/aromatic N) is 4. The number of primary amides is 1. The van der Waals surface area contributed by atoms with Crippen molar-refractivity contribution in [2.45, 2.75) is 26.2 Å². The van der Waals surface area contributed by atoms with E-state index in [1.807, 2.05) is 37.4 Å². The van der Waals surface area contributed by atoms with Crippen molar-refractivity contribution in [1.29, 1.82) is 5.26 Å². The van der Waals surface area contributed by atoms with Gasteiger partial charge in [-0.1, -0.05) is 19.9 Å². The fraction of sp³-hybridized carbons (Fsp3) is 0.478. The Morgan fingerprint density at radius 2 is 2.06 bits per heavy atom. The van der Waals surface area contributed by atoms with E-state index in [9.17, 15) is 9.59 Å². The molecule has 0 aliphatic carbocycles. The van der Waals surface area contributed by atoms with Crippen LogP contribution in [-0.4, -0.2) is 61.5 Å². The molecule has 0 spiro atoms. The lowest BCUT2D eigenvalue weighted by molar-refractivity contribution is -0.131. The molecule has 32 heavy (non-hydrogen) atoms. The summed E-state index contributed by atoms with van der Waals surface area (Å²) in [4.78, 5) is 33.9. The van der Waals surface area contributed by atoms with E-state index >= 15 is 0 Å².